The molecule has 2 aromatic heterocycles. The first-order valence-electron chi connectivity index (χ1n) is 10.2. The number of aryl methyl sites for hydroxylation is 1. The molecule has 1 fully saturated rings. The zero-order valence-corrected chi connectivity index (χ0v) is 17.6. The largest absolute Gasteiger partial charge is 0.352 e. The maximum absolute atomic E-state index is 12.5. The quantitative estimate of drug-likeness (QED) is 0.601. The average molecular weight is 423 g/mol. The van der Waals surface area contributed by atoms with Gasteiger partial charge in [0.1, 0.15) is 6.33 Å². The fraction of sp³-hybridized carbons (Fsp3) is 0.400. The molecule has 3 heterocycles. The highest BCUT2D eigenvalue weighted by atomic mass is 16.2. The van der Waals surface area contributed by atoms with Crippen molar-refractivity contribution < 1.29 is 9.59 Å². The second-order valence-corrected chi connectivity index (χ2v) is 7.35. The molecule has 31 heavy (non-hydrogen) atoms. The second-order valence-electron chi connectivity index (χ2n) is 7.35. The fourth-order valence-electron chi connectivity index (χ4n) is 3.62. The Kier molecular flexibility index (Phi) is 6.03. The minimum absolute atomic E-state index is 0.0938. The van der Waals surface area contributed by atoms with Crippen molar-refractivity contribution in [2.45, 2.75) is 20.4 Å². The van der Waals surface area contributed by atoms with Crippen LogP contribution in [-0.4, -0.2) is 74.4 Å². The number of amides is 2. The third kappa shape index (κ3) is 4.77. The van der Waals surface area contributed by atoms with Crippen LogP contribution in [0.15, 0.2) is 30.6 Å². The lowest BCUT2D eigenvalue weighted by molar-refractivity contribution is -0.117. The molecule has 2 N–H and O–H groups in total. The SMILES string of the molecule is CCn1nnc2c(N3CCN(CC(=O)Nc4cccc(NC(C)=O)c4)CC3)ncnc21. The number of benzene rings is 1. The van der Waals surface area contributed by atoms with Crippen LogP contribution in [0, 0.1) is 0 Å². The number of rotatable bonds is 6. The summed E-state index contributed by atoms with van der Waals surface area (Å²) in [6, 6.07) is 7.10. The number of nitrogens with zero attached hydrogens (tertiary/aromatic N) is 7. The molecule has 11 nitrogen and oxygen atoms in total. The summed E-state index contributed by atoms with van der Waals surface area (Å²) in [6.45, 7) is 7.36. The van der Waals surface area contributed by atoms with E-state index in [1.807, 2.05) is 6.92 Å². The highest BCUT2D eigenvalue weighted by molar-refractivity contribution is 5.94. The van der Waals surface area contributed by atoms with Gasteiger partial charge in [-0.1, -0.05) is 11.3 Å². The molecule has 0 spiro atoms. The van der Waals surface area contributed by atoms with E-state index in [1.165, 1.54) is 6.92 Å². The predicted molar refractivity (Wildman–Crippen MR) is 117 cm³/mol. The number of nitrogens with one attached hydrogen (secondary N) is 2. The molecule has 162 valence electrons. The number of carbonyl (C=O) groups excluding carboxylic acids is 2. The molecule has 0 aliphatic carbocycles. The zero-order valence-electron chi connectivity index (χ0n) is 17.6. The van der Waals surface area contributed by atoms with Crippen molar-refractivity contribution in [1.82, 2.24) is 29.9 Å². The van der Waals surface area contributed by atoms with Crippen molar-refractivity contribution in [2.75, 3.05) is 48.3 Å². The maximum atomic E-state index is 12.5. The molecule has 4 rings (SSSR count). The predicted octanol–water partition coefficient (Wildman–Crippen LogP) is 0.960. The second kappa shape index (κ2) is 9.04. The van der Waals surface area contributed by atoms with Crippen molar-refractivity contribution in [1.29, 1.82) is 0 Å². The number of fused-ring (bicyclic) bond motifs is 1. The van der Waals surface area contributed by atoms with Gasteiger partial charge in [0.05, 0.1) is 6.54 Å². The molecular formula is C20H25N9O2. The Hall–Kier alpha value is -3.60. The lowest BCUT2D eigenvalue weighted by Crippen LogP contribution is -2.49. The van der Waals surface area contributed by atoms with Crippen LogP contribution >= 0.6 is 0 Å². The standard InChI is InChI=1S/C20H25N9O2/c1-3-29-20-18(25-26-29)19(21-13-22-20)28-9-7-27(8-10-28)12-17(31)24-16-6-4-5-15(11-16)23-14(2)30/h4-6,11,13H,3,7-10,12H2,1-2H3,(H,23,30)(H,24,31). The van der Waals surface area contributed by atoms with Crippen molar-refractivity contribution in [3.05, 3.63) is 30.6 Å². The van der Waals surface area contributed by atoms with Crippen LogP contribution in [0.25, 0.3) is 11.2 Å². The molecule has 2 amide bonds. The van der Waals surface area contributed by atoms with E-state index in [-0.39, 0.29) is 11.8 Å². The molecule has 1 saturated heterocycles. The van der Waals surface area contributed by atoms with Crippen molar-refractivity contribution in [3.8, 4) is 0 Å². The van der Waals surface area contributed by atoms with E-state index < -0.39 is 0 Å². The summed E-state index contributed by atoms with van der Waals surface area (Å²) in [5.74, 6) is 0.534. The van der Waals surface area contributed by atoms with Gasteiger partial charge in [-0.05, 0) is 25.1 Å². The summed E-state index contributed by atoms with van der Waals surface area (Å²) < 4.78 is 1.75. The minimum atomic E-state index is -0.153. The van der Waals surface area contributed by atoms with E-state index in [4.69, 9.17) is 0 Å². The highest BCUT2D eigenvalue weighted by Crippen LogP contribution is 2.21. The number of anilines is 3. The highest BCUT2D eigenvalue weighted by Gasteiger charge is 2.23. The van der Waals surface area contributed by atoms with E-state index >= 15 is 0 Å². The number of carbonyl (C=O) groups is 2. The van der Waals surface area contributed by atoms with Crippen LogP contribution in [0.1, 0.15) is 13.8 Å². The van der Waals surface area contributed by atoms with E-state index in [0.29, 0.717) is 30.0 Å². The van der Waals surface area contributed by atoms with Gasteiger partial charge in [-0.3, -0.25) is 14.5 Å². The van der Waals surface area contributed by atoms with Crippen LogP contribution in [-0.2, 0) is 16.1 Å². The first kappa shape index (κ1) is 20.7. The molecule has 1 aliphatic heterocycles. The van der Waals surface area contributed by atoms with Gasteiger partial charge in [0.15, 0.2) is 17.0 Å². The van der Waals surface area contributed by atoms with Crippen LogP contribution in [0.2, 0.25) is 0 Å². The number of piperazine rings is 1. The van der Waals surface area contributed by atoms with E-state index in [1.54, 1.807) is 35.3 Å². The third-order valence-electron chi connectivity index (χ3n) is 5.09. The number of hydrogen-bond acceptors (Lipinski definition) is 8. The molecule has 0 bridgehead atoms. The van der Waals surface area contributed by atoms with Gasteiger partial charge in [0.25, 0.3) is 0 Å². The Morgan fingerprint density at radius 1 is 1.06 bits per heavy atom. The van der Waals surface area contributed by atoms with Gasteiger partial charge in [0, 0.05) is 51.0 Å². The van der Waals surface area contributed by atoms with Crippen LogP contribution in [0.5, 0.6) is 0 Å². The third-order valence-corrected chi connectivity index (χ3v) is 5.09. The summed E-state index contributed by atoms with van der Waals surface area (Å²) in [4.78, 5) is 36.7. The van der Waals surface area contributed by atoms with E-state index in [2.05, 4.69) is 40.7 Å². The monoisotopic (exact) mass is 423 g/mol. The Morgan fingerprint density at radius 3 is 2.52 bits per heavy atom. The lowest BCUT2D eigenvalue weighted by atomic mass is 10.2. The van der Waals surface area contributed by atoms with Crippen molar-refractivity contribution in [2.24, 2.45) is 0 Å². The Labute approximate surface area is 179 Å². The molecule has 0 radical (unpaired) electrons. The van der Waals surface area contributed by atoms with E-state index in [0.717, 1.165) is 37.6 Å². The molecular weight excluding hydrogens is 398 g/mol. The van der Waals surface area contributed by atoms with Gasteiger partial charge in [0.2, 0.25) is 11.8 Å². The maximum Gasteiger partial charge on any atom is 0.238 e. The lowest BCUT2D eigenvalue weighted by Gasteiger charge is -2.34. The van der Waals surface area contributed by atoms with Gasteiger partial charge < -0.3 is 15.5 Å². The van der Waals surface area contributed by atoms with Crippen LogP contribution in [0.3, 0.4) is 0 Å². The van der Waals surface area contributed by atoms with Gasteiger partial charge >= 0.3 is 0 Å². The Morgan fingerprint density at radius 2 is 1.81 bits per heavy atom. The van der Waals surface area contributed by atoms with Gasteiger partial charge in [-0.15, -0.1) is 5.10 Å². The molecule has 11 heteroatoms. The van der Waals surface area contributed by atoms with Gasteiger partial charge in [-0.25, -0.2) is 14.6 Å². The first-order valence-corrected chi connectivity index (χ1v) is 10.2. The molecule has 0 saturated carbocycles. The van der Waals surface area contributed by atoms with Crippen molar-refractivity contribution >= 4 is 40.2 Å². The average Bonchev–Trinajstić information content (AvgIpc) is 3.17. The Balaban J connectivity index is 1.33. The van der Waals surface area contributed by atoms with Crippen LogP contribution in [0.4, 0.5) is 17.2 Å². The summed E-state index contributed by atoms with van der Waals surface area (Å²) >= 11 is 0. The normalized spacial score (nSPS) is 14.6. The fourth-order valence-corrected chi connectivity index (χ4v) is 3.62. The van der Waals surface area contributed by atoms with E-state index in [9.17, 15) is 9.59 Å². The van der Waals surface area contributed by atoms with Gasteiger partial charge in [-0.2, -0.15) is 0 Å². The topological polar surface area (TPSA) is 121 Å². The molecule has 0 atom stereocenters. The van der Waals surface area contributed by atoms with Crippen molar-refractivity contribution in [3.63, 3.8) is 0 Å². The molecule has 3 aromatic rings. The summed E-state index contributed by atoms with van der Waals surface area (Å²) in [6.07, 6.45) is 1.54. The van der Waals surface area contributed by atoms with Crippen LogP contribution < -0.4 is 15.5 Å². The number of hydrogen-bond donors (Lipinski definition) is 2. The summed E-state index contributed by atoms with van der Waals surface area (Å²) in [5, 5.41) is 14.0. The number of aromatic nitrogens is 5. The summed E-state index contributed by atoms with van der Waals surface area (Å²) in [7, 11) is 0. The first-order chi connectivity index (χ1) is 15.0. The molecule has 1 aromatic carbocycles. The molecule has 1 aliphatic rings. The molecule has 0 unspecified atom stereocenters. The Bertz CT molecular complexity index is 1090. The summed E-state index contributed by atoms with van der Waals surface area (Å²) in [5.41, 5.74) is 2.73. The smallest absolute Gasteiger partial charge is 0.238 e. The minimum Gasteiger partial charge on any atom is -0.352 e. The zero-order chi connectivity index (χ0) is 21.8.